The van der Waals surface area contributed by atoms with Crippen LogP contribution in [-0.4, -0.2) is 17.7 Å². The van der Waals surface area contributed by atoms with Crippen molar-refractivity contribution in [3.8, 4) is 5.75 Å². The molecule has 3 nitrogen and oxygen atoms in total. The molecule has 0 bridgehead atoms. The van der Waals surface area contributed by atoms with Gasteiger partial charge in [-0.25, -0.2) is 4.79 Å². The van der Waals surface area contributed by atoms with Crippen LogP contribution in [0.25, 0.3) is 0 Å². The third kappa shape index (κ3) is 3.30. The number of rotatable bonds is 4. The average Bonchev–Trinajstić information content (AvgIpc) is 2.61. The molecule has 2 aromatic carbocycles. The molecule has 0 saturated heterocycles. The molecule has 24 heavy (non-hydrogen) atoms. The zero-order chi connectivity index (χ0) is 17.1. The van der Waals surface area contributed by atoms with Gasteiger partial charge in [-0.3, -0.25) is 0 Å². The molecule has 0 radical (unpaired) electrons. The molecular formula is C21H24O3. The van der Waals surface area contributed by atoms with E-state index in [2.05, 4.69) is 19.9 Å². The van der Waals surface area contributed by atoms with Gasteiger partial charge in [-0.05, 0) is 54.4 Å². The van der Waals surface area contributed by atoms with Gasteiger partial charge in [0.05, 0.1) is 12.2 Å². The summed E-state index contributed by atoms with van der Waals surface area (Å²) in [5, 5.41) is 10.3. The second-order valence-corrected chi connectivity index (χ2v) is 6.81. The SMILES string of the molecule is C[C@H](COC(=O)c1ccccc1)[C@H]1CC[C@H](C)c2cccc(O)c21. The molecule has 126 valence electrons. The van der Waals surface area contributed by atoms with E-state index in [-0.39, 0.29) is 17.8 Å². The van der Waals surface area contributed by atoms with E-state index in [1.807, 2.05) is 24.3 Å². The van der Waals surface area contributed by atoms with Gasteiger partial charge in [0.15, 0.2) is 0 Å². The predicted octanol–water partition coefficient (Wildman–Crippen LogP) is 4.87. The molecule has 1 aliphatic rings. The van der Waals surface area contributed by atoms with Crippen molar-refractivity contribution in [2.45, 2.75) is 38.5 Å². The van der Waals surface area contributed by atoms with Gasteiger partial charge in [-0.2, -0.15) is 0 Å². The molecule has 3 heteroatoms. The summed E-state index contributed by atoms with van der Waals surface area (Å²) in [5.41, 5.74) is 2.84. The first-order valence-corrected chi connectivity index (χ1v) is 8.62. The highest BCUT2D eigenvalue weighted by Gasteiger charge is 2.31. The molecule has 0 aliphatic heterocycles. The van der Waals surface area contributed by atoms with E-state index < -0.39 is 0 Å². The van der Waals surface area contributed by atoms with Crippen molar-refractivity contribution in [1.82, 2.24) is 0 Å². The fourth-order valence-corrected chi connectivity index (χ4v) is 3.68. The largest absolute Gasteiger partial charge is 0.508 e. The van der Waals surface area contributed by atoms with E-state index in [0.717, 1.165) is 18.4 Å². The molecule has 2 aromatic rings. The van der Waals surface area contributed by atoms with Crippen LogP contribution in [0.5, 0.6) is 5.75 Å². The summed E-state index contributed by atoms with van der Waals surface area (Å²) in [4.78, 5) is 12.1. The lowest BCUT2D eigenvalue weighted by Gasteiger charge is -2.33. The van der Waals surface area contributed by atoms with Crippen LogP contribution < -0.4 is 0 Å². The molecule has 0 spiro atoms. The maximum Gasteiger partial charge on any atom is 0.338 e. The first-order chi connectivity index (χ1) is 11.6. The number of esters is 1. The number of aromatic hydroxyl groups is 1. The maximum atomic E-state index is 12.1. The highest BCUT2D eigenvalue weighted by atomic mass is 16.5. The van der Waals surface area contributed by atoms with Crippen LogP contribution in [-0.2, 0) is 4.74 Å². The van der Waals surface area contributed by atoms with Crippen LogP contribution in [0.3, 0.4) is 0 Å². The van der Waals surface area contributed by atoms with Crippen LogP contribution in [0.4, 0.5) is 0 Å². The van der Waals surface area contributed by atoms with Gasteiger partial charge in [0, 0.05) is 5.56 Å². The van der Waals surface area contributed by atoms with Gasteiger partial charge in [-0.15, -0.1) is 0 Å². The monoisotopic (exact) mass is 324 g/mol. The van der Waals surface area contributed by atoms with Crippen molar-refractivity contribution >= 4 is 5.97 Å². The minimum Gasteiger partial charge on any atom is -0.508 e. The van der Waals surface area contributed by atoms with Crippen molar-refractivity contribution < 1.29 is 14.6 Å². The Balaban J connectivity index is 1.71. The van der Waals surface area contributed by atoms with E-state index in [0.29, 0.717) is 23.8 Å². The zero-order valence-corrected chi connectivity index (χ0v) is 14.2. The molecule has 1 aliphatic carbocycles. The standard InChI is InChI=1S/C21H24O3/c1-14-11-12-18(20-17(14)9-6-10-19(20)22)15(2)13-24-21(23)16-7-4-3-5-8-16/h3-10,14-15,18,22H,11-13H2,1-2H3/t14-,15+,18+/m0/s1. The van der Waals surface area contributed by atoms with Crippen LogP contribution in [0.1, 0.15) is 60.0 Å². The Kier molecular flexibility index (Phi) is 4.89. The molecule has 3 atom stereocenters. The predicted molar refractivity (Wildman–Crippen MR) is 94.4 cm³/mol. The Morgan fingerprint density at radius 3 is 2.67 bits per heavy atom. The fraction of sp³-hybridized carbons (Fsp3) is 0.381. The minimum atomic E-state index is -0.288. The van der Waals surface area contributed by atoms with E-state index in [1.165, 1.54) is 5.56 Å². The van der Waals surface area contributed by atoms with Gasteiger partial charge >= 0.3 is 5.97 Å². The van der Waals surface area contributed by atoms with Crippen molar-refractivity contribution in [2.75, 3.05) is 6.61 Å². The highest BCUT2D eigenvalue weighted by molar-refractivity contribution is 5.89. The molecule has 1 N–H and O–H groups in total. The van der Waals surface area contributed by atoms with Crippen molar-refractivity contribution in [3.63, 3.8) is 0 Å². The number of phenols is 1. The van der Waals surface area contributed by atoms with E-state index in [1.54, 1.807) is 18.2 Å². The first-order valence-electron chi connectivity index (χ1n) is 8.62. The Labute approximate surface area is 143 Å². The van der Waals surface area contributed by atoms with E-state index in [9.17, 15) is 9.90 Å². The van der Waals surface area contributed by atoms with Crippen molar-refractivity contribution in [1.29, 1.82) is 0 Å². The number of ether oxygens (including phenoxy) is 1. The third-order valence-corrected chi connectivity index (χ3v) is 5.10. The Hall–Kier alpha value is -2.29. The van der Waals surface area contributed by atoms with Crippen LogP contribution >= 0.6 is 0 Å². The van der Waals surface area contributed by atoms with Crippen LogP contribution in [0.2, 0.25) is 0 Å². The number of hydrogen-bond donors (Lipinski definition) is 1. The zero-order valence-electron chi connectivity index (χ0n) is 14.2. The normalized spacial score (nSPS) is 20.9. The Morgan fingerprint density at radius 1 is 1.17 bits per heavy atom. The maximum absolute atomic E-state index is 12.1. The molecule has 3 rings (SSSR count). The summed E-state index contributed by atoms with van der Waals surface area (Å²) in [6.07, 6.45) is 2.11. The molecule has 0 heterocycles. The van der Waals surface area contributed by atoms with Gasteiger partial charge in [0.25, 0.3) is 0 Å². The number of fused-ring (bicyclic) bond motifs is 1. The number of phenolic OH excluding ortho intramolecular Hbond substituents is 1. The fourth-order valence-electron chi connectivity index (χ4n) is 3.68. The first kappa shape index (κ1) is 16.6. The third-order valence-electron chi connectivity index (χ3n) is 5.10. The summed E-state index contributed by atoms with van der Waals surface area (Å²) < 4.78 is 5.50. The topological polar surface area (TPSA) is 46.5 Å². The van der Waals surface area contributed by atoms with Gasteiger partial charge < -0.3 is 9.84 Å². The molecule has 0 saturated carbocycles. The Bertz CT molecular complexity index is 708. The van der Waals surface area contributed by atoms with Crippen LogP contribution in [0, 0.1) is 5.92 Å². The second kappa shape index (κ2) is 7.08. The minimum absolute atomic E-state index is 0.164. The summed E-state index contributed by atoms with van der Waals surface area (Å²) in [6.45, 7) is 4.66. The second-order valence-electron chi connectivity index (χ2n) is 6.81. The molecular weight excluding hydrogens is 300 g/mol. The lowest BCUT2D eigenvalue weighted by Crippen LogP contribution is -2.23. The lowest BCUT2D eigenvalue weighted by molar-refractivity contribution is 0.0426. The average molecular weight is 324 g/mol. The summed E-state index contributed by atoms with van der Waals surface area (Å²) in [7, 11) is 0. The smallest absolute Gasteiger partial charge is 0.338 e. The molecule has 0 amide bonds. The lowest BCUT2D eigenvalue weighted by atomic mass is 9.72. The van der Waals surface area contributed by atoms with Gasteiger partial charge in [-0.1, -0.05) is 44.2 Å². The van der Waals surface area contributed by atoms with E-state index >= 15 is 0 Å². The summed E-state index contributed by atoms with van der Waals surface area (Å²) in [6, 6.07) is 14.8. The van der Waals surface area contributed by atoms with E-state index in [4.69, 9.17) is 4.74 Å². The Morgan fingerprint density at radius 2 is 1.92 bits per heavy atom. The van der Waals surface area contributed by atoms with Crippen LogP contribution in [0.15, 0.2) is 48.5 Å². The number of benzene rings is 2. The molecule has 0 aromatic heterocycles. The van der Waals surface area contributed by atoms with Crippen molar-refractivity contribution in [2.24, 2.45) is 5.92 Å². The van der Waals surface area contributed by atoms with Gasteiger partial charge in [0.1, 0.15) is 5.75 Å². The summed E-state index contributed by atoms with van der Waals surface area (Å²) in [5.74, 6) is 0.926. The number of carbonyl (C=O) groups is 1. The van der Waals surface area contributed by atoms with Gasteiger partial charge in [0.2, 0.25) is 0 Å². The molecule has 0 fully saturated rings. The summed E-state index contributed by atoms with van der Waals surface area (Å²) >= 11 is 0. The number of carbonyl (C=O) groups excluding carboxylic acids is 1. The number of hydrogen-bond acceptors (Lipinski definition) is 3. The highest BCUT2D eigenvalue weighted by Crippen LogP contribution is 2.46. The molecule has 0 unspecified atom stereocenters. The van der Waals surface area contributed by atoms with Crippen molar-refractivity contribution in [3.05, 3.63) is 65.2 Å². The quantitative estimate of drug-likeness (QED) is 0.816.